The highest BCUT2D eigenvalue weighted by molar-refractivity contribution is 5.89. The third-order valence-electron chi connectivity index (χ3n) is 4.38. The average molecular weight is 401 g/mol. The van der Waals surface area contributed by atoms with Gasteiger partial charge in [0.1, 0.15) is 5.75 Å². The van der Waals surface area contributed by atoms with Gasteiger partial charge in [0, 0.05) is 12.2 Å². The number of hydrogen-bond acceptors (Lipinski definition) is 4. The topological polar surface area (TPSA) is 83.4 Å². The quantitative estimate of drug-likeness (QED) is 0.577. The first-order chi connectivity index (χ1) is 14.6. The average Bonchev–Trinajstić information content (AvgIpc) is 2.76. The van der Waals surface area contributed by atoms with E-state index in [2.05, 4.69) is 16.7 Å². The van der Waals surface area contributed by atoms with Crippen molar-refractivity contribution in [3.8, 4) is 23.3 Å². The molecule has 3 aromatic rings. The number of nitriles is 1. The molecule has 0 aromatic heterocycles. The van der Waals surface area contributed by atoms with E-state index in [9.17, 15) is 4.79 Å². The van der Waals surface area contributed by atoms with E-state index in [0.29, 0.717) is 35.8 Å². The van der Waals surface area contributed by atoms with Gasteiger partial charge in [-0.3, -0.25) is 0 Å². The second-order valence-corrected chi connectivity index (χ2v) is 6.59. The third-order valence-corrected chi connectivity index (χ3v) is 4.38. The van der Waals surface area contributed by atoms with Crippen LogP contribution >= 0.6 is 0 Å². The molecule has 0 radical (unpaired) electrons. The lowest BCUT2D eigenvalue weighted by atomic mass is 10.0. The highest BCUT2D eigenvalue weighted by Crippen LogP contribution is 2.33. The van der Waals surface area contributed by atoms with E-state index in [1.165, 1.54) is 0 Å². The molecule has 0 aliphatic heterocycles. The summed E-state index contributed by atoms with van der Waals surface area (Å²) in [6.45, 7) is 2.45. The molecule has 0 spiro atoms. The number of methoxy groups -OCH3 is 1. The van der Waals surface area contributed by atoms with Gasteiger partial charge in [-0.1, -0.05) is 24.3 Å². The molecule has 2 N–H and O–H groups in total. The Morgan fingerprint density at radius 2 is 1.77 bits per heavy atom. The van der Waals surface area contributed by atoms with Gasteiger partial charge in [0.25, 0.3) is 0 Å². The van der Waals surface area contributed by atoms with Gasteiger partial charge in [-0.2, -0.15) is 5.26 Å². The van der Waals surface area contributed by atoms with E-state index in [-0.39, 0.29) is 6.03 Å². The van der Waals surface area contributed by atoms with E-state index in [4.69, 9.17) is 14.7 Å². The van der Waals surface area contributed by atoms with E-state index < -0.39 is 0 Å². The van der Waals surface area contributed by atoms with E-state index in [0.717, 1.165) is 16.8 Å². The summed E-state index contributed by atoms with van der Waals surface area (Å²) in [5.74, 6) is 1.77. The Kier molecular flexibility index (Phi) is 6.91. The minimum atomic E-state index is -0.220. The van der Waals surface area contributed by atoms with Crippen LogP contribution in [0.3, 0.4) is 0 Å². The standard InChI is InChI=1S/C24H23N3O3/c1-3-26-24(28)27-20-10-7-17(8-11-20)13-18-9-12-22(29-2)23(15-18)30-21-6-4-5-19(14-21)16-25/h4-12,14-15H,3,13H2,1-2H3,(H2,26,27,28). The van der Waals surface area contributed by atoms with Gasteiger partial charge < -0.3 is 20.1 Å². The first-order valence-electron chi connectivity index (χ1n) is 9.60. The van der Waals surface area contributed by atoms with Crippen molar-refractivity contribution in [2.45, 2.75) is 13.3 Å². The Balaban J connectivity index is 1.74. The molecule has 3 aromatic carbocycles. The summed E-state index contributed by atoms with van der Waals surface area (Å²) in [4.78, 5) is 11.6. The lowest BCUT2D eigenvalue weighted by Gasteiger charge is -2.13. The van der Waals surface area contributed by atoms with Gasteiger partial charge in [-0.15, -0.1) is 0 Å². The van der Waals surface area contributed by atoms with Gasteiger partial charge >= 0.3 is 6.03 Å². The lowest BCUT2D eigenvalue weighted by Crippen LogP contribution is -2.28. The van der Waals surface area contributed by atoms with Crippen molar-refractivity contribution in [1.82, 2.24) is 5.32 Å². The molecule has 2 amide bonds. The van der Waals surface area contributed by atoms with Crippen molar-refractivity contribution in [2.75, 3.05) is 19.0 Å². The maximum absolute atomic E-state index is 11.6. The van der Waals surface area contributed by atoms with Crippen molar-refractivity contribution < 1.29 is 14.3 Å². The predicted molar refractivity (Wildman–Crippen MR) is 116 cm³/mol. The van der Waals surface area contributed by atoms with Crippen LogP contribution in [0.5, 0.6) is 17.2 Å². The molecule has 0 aliphatic rings. The van der Waals surface area contributed by atoms with Gasteiger partial charge in [-0.25, -0.2) is 4.79 Å². The third kappa shape index (κ3) is 5.52. The summed E-state index contributed by atoms with van der Waals surface area (Å²) in [5.41, 5.74) is 3.41. The number of ether oxygens (including phenoxy) is 2. The van der Waals surface area contributed by atoms with Crippen molar-refractivity contribution in [3.05, 3.63) is 83.4 Å². The van der Waals surface area contributed by atoms with Crippen LogP contribution in [0.2, 0.25) is 0 Å². The van der Waals surface area contributed by atoms with E-state index in [1.807, 2.05) is 49.4 Å². The molecule has 0 heterocycles. The number of nitrogens with one attached hydrogen (secondary N) is 2. The first kappa shape index (κ1) is 20.7. The molecular weight excluding hydrogens is 378 g/mol. The van der Waals surface area contributed by atoms with Crippen LogP contribution in [0.1, 0.15) is 23.6 Å². The van der Waals surface area contributed by atoms with Crippen LogP contribution in [-0.4, -0.2) is 19.7 Å². The van der Waals surface area contributed by atoms with Crippen LogP contribution < -0.4 is 20.1 Å². The fourth-order valence-corrected chi connectivity index (χ4v) is 2.94. The molecule has 0 unspecified atom stereocenters. The second-order valence-electron chi connectivity index (χ2n) is 6.59. The zero-order chi connectivity index (χ0) is 21.3. The summed E-state index contributed by atoms with van der Waals surface area (Å²) in [6.07, 6.45) is 0.694. The summed E-state index contributed by atoms with van der Waals surface area (Å²) in [7, 11) is 1.59. The fourth-order valence-electron chi connectivity index (χ4n) is 2.94. The number of urea groups is 1. The molecule has 6 heteroatoms. The zero-order valence-electron chi connectivity index (χ0n) is 16.9. The maximum atomic E-state index is 11.6. The Morgan fingerprint density at radius 1 is 1.00 bits per heavy atom. The highest BCUT2D eigenvalue weighted by Gasteiger charge is 2.09. The zero-order valence-corrected chi connectivity index (χ0v) is 16.9. The molecule has 0 aliphatic carbocycles. The molecule has 152 valence electrons. The fraction of sp³-hybridized carbons (Fsp3) is 0.167. The number of nitrogens with zero attached hydrogens (tertiary/aromatic N) is 1. The Morgan fingerprint density at radius 3 is 2.47 bits per heavy atom. The number of amides is 2. The summed E-state index contributed by atoms with van der Waals surface area (Å²) >= 11 is 0. The number of carbonyl (C=O) groups is 1. The minimum Gasteiger partial charge on any atom is -0.493 e. The van der Waals surface area contributed by atoms with Gasteiger partial charge in [0.2, 0.25) is 0 Å². The van der Waals surface area contributed by atoms with Crippen LogP contribution in [-0.2, 0) is 6.42 Å². The normalized spacial score (nSPS) is 10.0. The Hall–Kier alpha value is -3.98. The Labute approximate surface area is 176 Å². The van der Waals surface area contributed by atoms with E-state index in [1.54, 1.807) is 31.4 Å². The molecule has 0 saturated carbocycles. The molecular formula is C24H23N3O3. The molecule has 30 heavy (non-hydrogen) atoms. The van der Waals surface area contributed by atoms with E-state index >= 15 is 0 Å². The number of anilines is 1. The van der Waals surface area contributed by atoms with Crippen LogP contribution in [0.15, 0.2) is 66.7 Å². The predicted octanol–water partition coefficient (Wildman–Crippen LogP) is 5.09. The largest absolute Gasteiger partial charge is 0.493 e. The smallest absolute Gasteiger partial charge is 0.319 e. The number of hydrogen-bond donors (Lipinski definition) is 2. The molecule has 3 rings (SSSR count). The summed E-state index contributed by atoms with van der Waals surface area (Å²) in [6, 6.07) is 22.4. The van der Waals surface area contributed by atoms with Crippen molar-refractivity contribution >= 4 is 11.7 Å². The van der Waals surface area contributed by atoms with Crippen LogP contribution in [0.25, 0.3) is 0 Å². The molecule has 0 saturated heterocycles. The molecule has 0 atom stereocenters. The SMILES string of the molecule is CCNC(=O)Nc1ccc(Cc2ccc(OC)c(Oc3cccc(C#N)c3)c2)cc1. The monoisotopic (exact) mass is 401 g/mol. The van der Waals surface area contributed by atoms with Gasteiger partial charge in [0.15, 0.2) is 11.5 Å². The maximum Gasteiger partial charge on any atom is 0.319 e. The second kappa shape index (κ2) is 9.99. The first-order valence-corrected chi connectivity index (χ1v) is 9.60. The van der Waals surface area contributed by atoms with Crippen LogP contribution in [0.4, 0.5) is 10.5 Å². The van der Waals surface area contributed by atoms with Crippen molar-refractivity contribution in [3.63, 3.8) is 0 Å². The molecule has 6 nitrogen and oxygen atoms in total. The molecule has 0 bridgehead atoms. The lowest BCUT2D eigenvalue weighted by molar-refractivity contribution is 0.252. The summed E-state index contributed by atoms with van der Waals surface area (Å²) < 4.78 is 11.4. The minimum absolute atomic E-state index is 0.220. The number of carbonyl (C=O) groups excluding carboxylic acids is 1. The molecule has 0 fully saturated rings. The van der Waals surface area contributed by atoms with Crippen molar-refractivity contribution in [1.29, 1.82) is 5.26 Å². The van der Waals surface area contributed by atoms with Gasteiger partial charge in [-0.05, 0) is 66.9 Å². The number of benzene rings is 3. The van der Waals surface area contributed by atoms with Gasteiger partial charge in [0.05, 0.1) is 18.7 Å². The summed E-state index contributed by atoms with van der Waals surface area (Å²) in [5, 5.41) is 14.6. The van der Waals surface area contributed by atoms with Crippen LogP contribution in [0, 0.1) is 11.3 Å². The Bertz CT molecular complexity index is 1060. The highest BCUT2D eigenvalue weighted by atomic mass is 16.5. The van der Waals surface area contributed by atoms with Crippen molar-refractivity contribution in [2.24, 2.45) is 0 Å². The number of rotatable bonds is 7.